The van der Waals surface area contributed by atoms with Crippen molar-refractivity contribution in [1.29, 1.82) is 0 Å². The molecule has 0 aromatic heterocycles. The van der Waals surface area contributed by atoms with Crippen LogP contribution in [0.25, 0.3) is 0 Å². The van der Waals surface area contributed by atoms with E-state index in [1.807, 2.05) is 85.8 Å². The standard InChI is InChI=1S/C29H25N3O2S/c1-20-10-8-9-15-25(20)27(33)30-23-16-18-24(19-17-23)31-29(35)32-28(34)26(21-11-4-2-5-12-21)22-13-6-3-7-14-22/h2-19,26H,1H3,(H,30,33)(H2,31,32,34,35). The molecule has 0 aliphatic heterocycles. The molecule has 6 heteroatoms. The van der Waals surface area contributed by atoms with Gasteiger partial charge >= 0.3 is 0 Å². The van der Waals surface area contributed by atoms with Crippen LogP contribution in [0, 0.1) is 6.92 Å². The lowest BCUT2D eigenvalue weighted by atomic mass is 9.90. The fraction of sp³-hybridized carbons (Fsp3) is 0.0690. The molecule has 0 bridgehead atoms. The largest absolute Gasteiger partial charge is 0.332 e. The third-order valence-electron chi connectivity index (χ3n) is 5.56. The van der Waals surface area contributed by atoms with Crippen molar-refractivity contribution in [2.75, 3.05) is 10.6 Å². The summed E-state index contributed by atoms with van der Waals surface area (Å²) in [7, 11) is 0. The molecule has 0 aliphatic carbocycles. The number of anilines is 2. The summed E-state index contributed by atoms with van der Waals surface area (Å²) < 4.78 is 0. The average molecular weight is 480 g/mol. The molecule has 0 fully saturated rings. The molecule has 0 atom stereocenters. The lowest BCUT2D eigenvalue weighted by Crippen LogP contribution is -2.37. The van der Waals surface area contributed by atoms with Crippen molar-refractivity contribution >= 4 is 40.5 Å². The normalized spacial score (nSPS) is 10.5. The quantitative estimate of drug-likeness (QED) is 0.302. The number of nitrogens with one attached hydrogen (secondary N) is 3. The highest BCUT2D eigenvalue weighted by Crippen LogP contribution is 2.25. The Bertz CT molecular complexity index is 1280. The number of carbonyl (C=O) groups is 2. The zero-order valence-corrected chi connectivity index (χ0v) is 20.0. The summed E-state index contributed by atoms with van der Waals surface area (Å²) in [5, 5.41) is 8.94. The van der Waals surface area contributed by atoms with E-state index in [1.54, 1.807) is 30.3 Å². The molecule has 3 N–H and O–H groups in total. The zero-order valence-electron chi connectivity index (χ0n) is 19.2. The van der Waals surface area contributed by atoms with Crippen molar-refractivity contribution in [1.82, 2.24) is 5.32 Å². The van der Waals surface area contributed by atoms with Gasteiger partial charge in [-0.1, -0.05) is 78.9 Å². The summed E-state index contributed by atoms with van der Waals surface area (Å²) in [5.41, 5.74) is 4.66. The average Bonchev–Trinajstić information content (AvgIpc) is 2.87. The summed E-state index contributed by atoms with van der Waals surface area (Å²) >= 11 is 5.40. The Morgan fingerprint density at radius 2 is 1.14 bits per heavy atom. The lowest BCUT2D eigenvalue weighted by Gasteiger charge is -2.18. The van der Waals surface area contributed by atoms with E-state index >= 15 is 0 Å². The van der Waals surface area contributed by atoms with Gasteiger partial charge in [-0.05, 0) is 66.2 Å². The maximum Gasteiger partial charge on any atom is 0.255 e. The molecule has 0 spiro atoms. The van der Waals surface area contributed by atoms with E-state index in [0.717, 1.165) is 16.7 Å². The van der Waals surface area contributed by atoms with Crippen molar-refractivity contribution in [3.8, 4) is 0 Å². The molecule has 5 nitrogen and oxygen atoms in total. The van der Waals surface area contributed by atoms with Crippen molar-refractivity contribution in [3.05, 3.63) is 131 Å². The number of carbonyl (C=O) groups excluding carboxylic acids is 2. The minimum atomic E-state index is -0.490. The zero-order chi connectivity index (χ0) is 24.6. The fourth-order valence-corrected chi connectivity index (χ4v) is 4.01. The van der Waals surface area contributed by atoms with Gasteiger partial charge in [-0.15, -0.1) is 0 Å². The van der Waals surface area contributed by atoms with Crippen LogP contribution in [-0.4, -0.2) is 16.9 Å². The molecule has 0 aliphatic rings. The number of thiocarbonyl (C=S) groups is 1. The smallest absolute Gasteiger partial charge is 0.255 e. The number of aryl methyl sites for hydroxylation is 1. The van der Waals surface area contributed by atoms with E-state index in [-0.39, 0.29) is 16.9 Å². The molecule has 4 aromatic rings. The number of hydrogen-bond donors (Lipinski definition) is 3. The van der Waals surface area contributed by atoms with Gasteiger partial charge in [0.05, 0.1) is 5.92 Å². The van der Waals surface area contributed by atoms with Gasteiger partial charge in [0, 0.05) is 16.9 Å². The molecular formula is C29H25N3O2S. The maximum absolute atomic E-state index is 13.2. The van der Waals surface area contributed by atoms with Gasteiger partial charge in [-0.25, -0.2) is 0 Å². The summed E-state index contributed by atoms with van der Waals surface area (Å²) in [6, 6.07) is 33.8. The molecule has 4 aromatic carbocycles. The van der Waals surface area contributed by atoms with E-state index in [9.17, 15) is 9.59 Å². The first-order valence-electron chi connectivity index (χ1n) is 11.2. The highest BCUT2D eigenvalue weighted by Gasteiger charge is 2.23. The van der Waals surface area contributed by atoms with Crippen molar-refractivity contribution in [2.45, 2.75) is 12.8 Å². The molecule has 0 saturated heterocycles. The Labute approximate surface area is 210 Å². The second kappa shape index (κ2) is 11.2. The van der Waals surface area contributed by atoms with Crippen molar-refractivity contribution < 1.29 is 9.59 Å². The molecule has 0 radical (unpaired) electrons. The number of benzene rings is 4. The van der Waals surface area contributed by atoms with E-state index in [1.165, 1.54) is 0 Å². The van der Waals surface area contributed by atoms with Gasteiger partial charge < -0.3 is 16.0 Å². The first-order chi connectivity index (χ1) is 17.0. The number of amides is 2. The molecule has 0 saturated carbocycles. The maximum atomic E-state index is 13.2. The Hall–Kier alpha value is -4.29. The molecule has 4 rings (SSSR count). The van der Waals surface area contributed by atoms with Crippen LogP contribution in [0.15, 0.2) is 109 Å². The van der Waals surface area contributed by atoms with Gasteiger partial charge in [0.25, 0.3) is 5.91 Å². The summed E-state index contributed by atoms with van der Waals surface area (Å²) in [6.45, 7) is 1.90. The van der Waals surface area contributed by atoms with Crippen molar-refractivity contribution in [3.63, 3.8) is 0 Å². The highest BCUT2D eigenvalue weighted by atomic mass is 32.1. The summed E-state index contributed by atoms with van der Waals surface area (Å²) in [4.78, 5) is 25.7. The van der Waals surface area contributed by atoms with Crippen LogP contribution in [-0.2, 0) is 4.79 Å². The predicted molar refractivity (Wildman–Crippen MR) is 145 cm³/mol. The van der Waals surface area contributed by atoms with E-state index in [0.29, 0.717) is 16.9 Å². The number of rotatable bonds is 6. The van der Waals surface area contributed by atoms with Gasteiger partial charge in [-0.3, -0.25) is 9.59 Å². The topological polar surface area (TPSA) is 70.2 Å². The summed E-state index contributed by atoms with van der Waals surface area (Å²) in [5.74, 6) is -0.877. The van der Waals surface area contributed by atoms with Crippen molar-refractivity contribution in [2.24, 2.45) is 0 Å². The van der Waals surface area contributed by atoms with Crippen LogP contribution in [0.3, 0.4) is 0 Å². The molecular weight excluding hydrogens is 454 g/mol. The Morgan fingerprint density at radius 3 is 1.69 bits per heavy atom. The van der Waals surface area contributed by atoms with Crippen LogP contribution in [0.5, 0.6) is 0 Å². The summed E-state index contributed by atoms with van der Waals surface area (Å²) in [6.07, 6.45) is 0. The highest BCUT2D eigenvalue weighted by molar-refractivity contribution is 7.80. The van der Waals surface area contributed by atoms with E-state index in [2.05, 4.69) is 16.0 Å². The van der Waals surface area contributed by atoms with Crippen LogP contribution in [0.2, 0.25) is 0 Å². The SMILES string of the molecule is Cc1ccccc1C(=O)Nc1ccc(NC(=S)NC(=O)C(c2ccccc2)c2ccccc2)cc1. The molecule has 35 heavy (non-hydrogen) atoms. The monoisotopic (exact) mass is 479 g/mol. The fourth-order valence-electron chi connectivity index (χ4n) is 3.80. The second-order valence-electron chi connectivity index (χ2n) is 8.04. The van der Waals surface area contributed by atoms with E-state index < -0.39 is 5.92 Å². The van der Waals surface area contributed by atoms with Gasteiger partial charge in [0.15, 0.2) is 5.11 Å². The lowest BCUT2D eigenvalue weighted by molar-refractivity contribution is -0.120. The van der Waals surface area contributed by atoms with Gasteiger partial charge in [0.1, 0.15) is 0 Å². The van der Waals surface area contributed by atoms with Crippen LogP contribution in [0.4, 0.5) is 11.4 Å². The first-order valence-corrected chi connectivity index (χ1v) is 11.6. The molecule has 0 unspecified atom stereocenters. The third-order valence-corrected chi connectivity index (χ3v) is 5.76. The Kier molecular flexibility index (Phi) is 7.65. The third kappa shape index (κ3) is 6.19. The predicted octanol–water partition coefficient (Wildman–Crippen LogP) is 5.89. The van der Waals surface area contributed by atoms with Gasteiger partial charge in [-0.2, -0.15) is 0 Å². The second-order valence-corrected chi connectivity index (χ2v) is 8.45. The minimum absolute atomic E-state index is 0.167. The van der Waals surface area contributed by atoms with Crippen LogP contribution in [0.1, 0.15) is 33.0 Å². The van der Waals surface area contributed by atoms with Gasteiger partial charge in [0.2, 0.25) is 5.91 Å². The molecule has 174 valence electrons. The van der Waals surface area contributed by atoms with Crippen LogP contribution >= 0.6 is 12.2 Å². The van der Waals surface area contributed by atoms with E-state index in [4.69, 9.17) is 12.2 Å². The Morgan fingerprint density at radius 1 is 0.657 bits per heavy atom. The van der Waals surface area contributed by atoms with Crippen LogP contribution < -0.4 is 16.0 Å². The number of hydrogen-bond acceptors (Lipinski definition) is 3. The Balaban J connectivity index is 1.40. The molecule has 0 heterocycles. The molecule has 2 amide bonds. The minimum Gasteiger partial charge on any atom is -0.332 e. The first kappa shape index (κ1) is 23.9.